The quantitative estimate of drug-likeness (QED) is 0.871. The molecule has 0 aliphatic carbocycles. The van der Waals surface area contributed by atoms with Crippen LogP contribution in [0.1, 0.15) is 43.2 Å². The zero-order valence-corrected chi connectivity index (χ0v) is 11.8. The fourth-order valence-electron chi connectivity index (χ4n) is 1.39. The van der Waals surface area contributed by atoms with Crippen LogP contribution in [0.3, 0.4) is 0 Å². The molecular weight excluding hydrogens is 244 g/mol. The molecule has 0 amide bonds. The topological polar surface area (TPSA) is 29.5 Å². The lowest BCUT2D eigenvalue weighted by Gasteiger charge is -2.24. The molecule has 1 heterocycles. The summed E-state index contributed by atoms with van der Waals surface area (Å²) in [6.45, 7) is 5.98. The number of aliphatic hydroxyl groups is 1. The van der Waals surface area contributed by atoms with Gasteiger partial charge in [0.05, 0.1) is 21.6 Å². The third kappa shape index (κ3) is 3.45. The third-order valence-electron chi connectivity index (χ3n) is 2.80. The van der Waals surface area contributed by atoms with E-state index in [1.807, 2.05) is 26.2 Å². The lowest BCUT2D eigenvalue weighted by atomic mass is 9.99. The first-order valence-corrected chi connectivity index (χ1v) is 6.60. The SMILES string of the molecule is COC(C)(C)CCC(O)c1scc(C)c1Cl. The lowest BCUT2D eigenvalue weighted by Crippen LogP contribution is -2.22. The second-order valence-corrected chi connectivity index (χ2v) is 5.90. The minimum atomic E-state index is -0.486. The fourth-order valence-corrected chi connectivity index (χ4v) is 2.73. The van der Waals surface area contributed by atoms with E-state index >= 15 is 0 Å². The summed E-state index contributed by atoms with van der Waals surface area (Å²) in [5.74, 6) is 0. The van der Waals surface area contributed by atoms with Gasteiger partial charge in [-0.2, -0.15) is 0 Å². The molecule has 1 atom stereocenters. The van der Waals surface area contributed by atoms with E-state index in [1.54, 1.807) is 7.11 Å². The fraction of sp³-hybridized carbons (Fsp3) is 0.667. The molecule has 1 aromatic heterocycles. The third-order valence-corrected chi connectivity index (χ3v) is 4.62. The Morgan fingerprint density at radius 3 is 2.62 bits per heavy atom. The second kappa shape index (κ2) is 5.50. The monoisotopic (exact) mass is 262 g/mol. The zero-order valence-electron chi connectivity index (χ0n) is 10.2. The molecule has 0 aromatic carbocycles. The van der Waals surface area contributed by atoms with Gasteiger partial charge < -0.3 is 9.84 Å². The molecule has 1 unspecified atom stereocenters. The van der Waals surface area contributed by atoms with Crippen LogP contribution >= 0.6 is 22.9 Å². The normalized spacial score (nSPS) is 14.1. The zero-order chi connectivity index (χ0) is 12.3. The Labute approximate surface area is 106 Å². The van der Waals surface area contributed by atoms with Crippen LogP contribution < -0.4 is 0 Å². The number of hydrogen-bond donors (Lipinski definition) is 1. The van der Waals surface area contributed by atoms with Gasteiger partial charge in [0.25, 0.3) is 0 Å². The van der Waals surface area contributed by atoms with E-state index < -0.39 is 6.10 Å². The Morgan fingerprint density at radius 2 is 2.19 bits per heavy atom. The van der Waals surface area contributed by atoms with Crippen LogP contribution in [0.25, 0.3) is 0 Å². The number of methoxy groups -OCH3 is 1. The summed E-state index contributed by atoms with van der Waals surface area (Å²) < 4.78 is 5.32. The van der Waals surface area contributed by atoms with Gasteiger partial charge in [0.2, 0.25) is 0 Å². The van der Waals surface area contributed by atoms with Gasteiger partial charge in [-0.05, 0) is 44.6 Å². The van der Waals surface area contributed by atoms with Crippen molar-refractivity contribution in [3.8, 4) is 0 Å². The molecule has 0 saturated heterocycles. The molecule has 1 rings (SSSR count). The Morgan fingerprint density at radius 1 is 1.56 bits per heavy atom. The molecule has 0 aliphatic rings. The molecule has 0 saturated carbocycles. The molecule has 0 radical (unpaired) electrons. The molecule has 16 heavy (non-hydrogen) atoms. The highest BCUT2D eigenvalue weighted by Crippen LogP contribution is 2.35. The summed E-state index contributed by atoms with van der Waals surface area (Å²) in [5, 5.41) is 12.7. The summed E-state index contributed by atoms with van der Waals surface area (Å²) >= 11 is 7.63. The van der Waals surface area contributed by atoms with Crippen molar-refractivity contribution in [1.29, 1.82) is 0 Å². The van der Waals surface area contributed by atoms with Crippen molar-refractivity contribution in [2.75, 3.05) is 7.11 Å². The number of hydrogen-bond acceptors (Lipinski definition) is 3. The highest BCUT2D eigenvalue weighted by molar-refractivity contribution is 7.10. The second-order valence-electron chi connectivity index (χ2n) is 4.62. The standard InChI is InChI=1S/C12H19ClO2S/c1-8-7-16-11(10(8)13)9(14)5-6-12(2,3)15-4/h7,9,14H,5-6H2,1-4H3. The van der Waals surface area contributed by atoms with E-state index in [0.717, 1.165) is 16.9 Å². The van der Waals surface area contributed by atoms with Gasteiger partial charge in [-0.3, -0.25) is 0 Å². The van der Waals surface area contributed by atoms with Gasteiger partial charge in [-0.25, -0.2) is 0 Å². The molecular formula is C12H19ClO2S. The lowest BCUT2D eigenvalue weighted by molar-refractivity contribution is 0.00310. The van der Waals surface area contributed by atoms with Crippen LogP contribution in [0.5, 0.6) is 0 Å². The Balaban J connectivity index is 2.60. The van der Waals surface area contributed by atoms with Crippen molar-refractivity contribution in [2.45, 2.75) is 45.3 Å². The Kier molecular flexibility index (Phi) is 4.80. The van der Waals surface area contributed by atoms with Crippen molar-refractivity contribution in [1.82, 2.24) is 0 Å². The van der Waals surface area contributed by atoms with E-state index in [0.29, 0.717) is 11.4 Å². The molecule has 92 valence electrons. The first-order chi connectivity index (χ1) is 7.37. The van der Waals surface area contributed by atoms with E-state index in [2.05, 4.69) is 0 Å². The number of thiophene rings is 1. The molecule has 2 nitrogen and oxygen atoms in total. The maximum atomic E-state index is 10.0. The minimum Gasteiger partial charge on any atom is -0.388 e. The van der Waals surface area contributed by atoms with Gasteiger partial charge in [-0.15, -0.1) is 11.3 Å². The molecule has 1 N–H and O–H groups in total. The average molecular weight is 263 g/mol. The molecule has 4 heteroatoms. The largest absolute Gasteiger partial charge is 0.388 e. The Bertz CT molecular complexity index is 347. The molecule has 0 fully saturated rings. The summed E-state index contributed by atoms with van der Waals surface area (Å²) in [7, 11) is 1.69. The summed E-state index contributed by atoms with van der Waals surface area (Å²) in [6, 6.07) is 0. The maximum absolute atomic E-state index is 10.0. The highest BCUT2D eigenvalue weighted by Gasteiger charge is 2.21. The minimum absolute atomic E-state index is 0.195. The Hall–Kier alpha value is -0.0900. The summed E-state index contributed by atoms with van der Waals surface area (Å²) in [5.41, 5.74) is 0.839. The van der Waals surface area contributed by atoms with Gasteiger partial charge in [0, 0.05) is 7.11 Å². The maximum Gasteiger partial charge on any atom is 0.0898 e. The van der Waals surface area contributed by atoms with Gasteiger partial charge in [0.15, 0.2) is 0 Å². The summed E-state index contributed by atoms with van der Waals surface area (Å²) in [4.78, 5) is 0.867. The van der Waals surface area contributed by atoms with E-state index in [4.69, 9.17) is 16.3 Å². The first-order valence-electron chi connectivity index (χ1n) is 5.34. The van der Waals surface area contributed by atoms with E-state index in [-0.39, 0.29) is 5.60 Å². The number of aliphatic hydroxyl groups excluding tert-OH is 1. The van der Waals surface area contributed by atoms with Crippen molar-refractivity contribution in [2.24, 2.45) is 0 Å². The number of halogens is 1. The van der Waals surface area contributed by atoms with E-state index in [1.165, 1.54) is 11.3 Å². The van der Waals surface area contributed by atoms with Crippen LogP contribution in [0.2, 0.25) is 5.02 Å². The highest BCUT2D eigenvalue weighted by atomic mass is 35.5. The molecule has 0 bridgehead atoms. The number of aryl methyl sites for hydroxylation is 1. The van der Waals surface area contributed by atoms with Gasteiger partial charge >= 0.3 is 0 Å². The predicted octanol–water partition coefficient (Wildman–Crippen LogP) is 3.95. The number of rotatable bonds is 5. The van der Waals surface area contributed by atoms with Crippen LogP contribution in [-0.4, -0.2) is 17.8 Å². The molecule has 0 spiro atoms. The number of ether oxygens (including phenoxy) is 1. The van der Waals surface area contributed by atoms with Crippen LogP contribution in [0.4, 0.5) is 0 Å². The predicted molar refractivity (Wildman–Crippen MR) is 69.3 cm³/mol. The van der Waals surface area contributed by atoms with Crippen LogP contribution in [-0.2, 0) is 4.74 Å². The van der Waals surface area contributed by atoms with Crippen molar-refractivity contribution in [3.63, 3.8) is 0 Å². The van der Waals surface area contributed by atoms with Crippen molar-refractivity contribution in [3.05, 3.63) is 20.8 Å². The van der Waals surface area contributed by atoms with Gasteiger partial charge in [0.1, 0.15) is 0 Å². The smallest absolute Gasteiger partial charge is 0.0898 e. The first kappa shape index (κ1) is 14.0. The van der Waals surface area contributed by atoms with Crippen LogP contribution in [0, 0.1) is 6.92 Å². The van der Waals surface area contributed by atoms with Crippen molar-refractivity contribution >= 4 is 22.9 Å². The molecule has 1 aromatic rings. The van der Waals surface area contributed by atoms with Crippen molar-refractivity contribution < 1.29 is 9.84 Å². The average Bonchev–Trinajstić information content (AvgIpc) is 2.57. The van der Waals surface area contributed by atoms with E-state index in [9.17, 15) is 5.11 Å². The molecule has 0 aliphatic heterocycles. The van der Waals surface area contributed by atoms with Gasteiger partial charge in [-0.1, -0.05) is 11.6 Å². The summed E-state index contributed by atoms with van der Waals surface area (Å²) in [6.07, 6.45) is 0.985. The van der Waals surface area contributed by atoms with Crippen LogP contribution in [0.15, 0.2) is 5.38 Å².